The maximum absolute atomic E-state index is 5.72. The third-order valence-electron chi connectivity index (χ3n) is 3.16. The van der Waals surface area contributed by atoms with Gasteiger partial charge in [-0.15, -0.1) is 0 Å². The fourth-order valence-corrected chi connectivity index (χ4v) is 1.80. The van der Waals surface area contributed by atoms with Crippen LogP contribution in [0.25, 0.3) is 0 Å². The molecule has 3 heteroatoms. The van der Waals surface area contributed by atoms with Crippen molar-refractivity contribution in [3.8, 4) is 0 Å². The van der Waals surface area contributed by atoms with Crippen LogP contribution in [-0.2, 0) is 17.9 Å². The van der Waals surface area contributed by atoms with Crippen LogP contribution in [0.1, 0.15) is 43.9 Å². The lowest BCUT2D eigenvalue weighted by Gasteiger charge is -2.25. The minimum atomic E-state index is 0.489. The Labute approximate surface area is 104 Å². The Balaban J connectivity index is 1.72. The monoisotopic (exact) mass is 234 g/mol. The van der Waals surface area contributed by atoms with Crippen molar-refractivity contribution in [3.05, 3.63) is 29.6 Å². The molecule has 0 unspecified atom stereocenters. The summed E-state index contributed by atoms with van der Waals surface area (Å²) in [5.41, 5.74) is 2.28. The van der Waals surface area contributed by atoms with Crippen molar-refractivity contribution in [2.24, 2.45) is 0 Å². The summed E-state index contributed by atoms with van der Waals surface area (Å²) in [5.74, 6) is 0. The van der Waals surface area contributed by atoms with Gasteiger partial charge in [0.15, 0.2) is 0 Å². The third kappa shape index (κ3) is 4.10. The highest BCUT2D eigenvalue weighted by molar-refractivity contribution is 5.13. The highest BCUT2D eigenvalue weighted by atomic mass is 16.5. The first-order valence-corrected chi connectivity index (χ1v) is 6.64. The molecular formula is C14H22N2O. The van der Waals surface area contributed by atoms with Crippen LogP contribution in [0.5, 0.6) is 0 Å². The molecule has 1 aromatic rings. The molecule has 1 aliphatic carbocycles. The van der Waals surface area contributed by atoms with Gasteiger partial charge in [-0.05, 0) is 43.9 Å². The average molecular weight is 234 g/mol. The van der Waals surface area contributed by atoms with Gasteiger partial charge in [0.2, 0.25) is 0 Å². The Hall–Kier alpha value is -0.930. The van der Waals surface area contributed by atoms with Crippen molar-refractivity contribution in [2.45, 2.75) is 51.9 Å². The van der Waals surface area contributed by atoms with E-state index in [-0.39, 0.29) is 0 Å². The second-order valence-electron chi connectivity index (χ2n) is 4.70. The molecule has 0 radical (unpaired) electrons. The molecular weight excluding hydrogens is 212 g/mol. The highest BCUT2D eigenvalue weighted by Gasteiger charge is 2.17. The van der Waals surface area contributed by atoms with Crippen molar-refractivity contribution >= 4 is 0 Å². The van der Waals surface area contributed by atoms with Crippen LogP contribution < -0.4 is 5.32 Å². The zero-order valence-electron chi connectivity index (χ0n) is 10.6. The molecule has 2 rings (SSSR count). The van der Waals surface area contributed by atoms with E-state index in [1.54, 1.807) is 0 Å². The molecule has 3 nitrogen and oxygen atoms in total. The largest absolute Gasteiger partial charge is 0.372 e. The summed E-state index contributed by atoms with van der Waals surface area (Å²) in [6, 6.07) is 4.21. The van der Waals surface area contributed by atoms with Crippen LogP contribution in [0.4, 0.5) is 0 Å². The lowest BCUT2D eigenvalue weighted by Crippen LogP contribution is -2.21. The summed E-state index contributed by atoms with van der Waals surface area (Å²) in [4.78, 5) is 4.42. The number of nitrogens with zero attached hydrogens (tertiary/aromatic N) is 1. The Morgan fingerprint density at radius 3 is 2.88 bits per heavy atom. The summed E-state index contributed by atoms with van der Waals surface area (Å²) >= 11 is 0. The Morgan fingerprint density at radius 2 is 2.29 bits per heavy atom. The Bertz CT molecular complexity index is 319. The maximum atomic E-state index is 5.72. The number of hydrogen-bond acceptors (Lipinski definition) is 3. The zero-order chi connectivity index (χ0) is 11.9. The van der Waals surface area contributed by atoms with Gasteiger partial charge in [0.1, 0.15) is 0 Å². The van der Waals surface area contributed by atoms with Crippen LogP contribution in [0.2, 0.25) is 0 Å². The standard InChI is InChI=1S/C14H22N2O/c1-2-8-15-9-12-6-7-13(16-10-12)11-17-14-4-3-5-14/h6-7,10,14-15H,2-5,8-9,11H2,1H3. The summed E-state index contributed by atoms with van der Waals surface area (Å²) in [5, 5.41) is 3.37. The molecule has 0 saturated heterocycles. The fourth-order valence-electron chi connectivity index (χ4n) is 1.80. The molecule has 94 valence electrons. The molecule has 17 heavy (non-hydrogen) atoms. The maximum Gasteiger partial charge on any atom is 0.0891 e. The van der Waals surface area contributed by atoms with Crippen LogP contribution >= 0.6 is 0 Å². The summed E-state index contributed by atoms with van der Waals surface area (Å²) in [7, 11) is 0. The van der Waals surface area contributed by atoms with Crippen LogP contribution in [0, 0.1) is 0 Å². The molecule has 0 amide bonds. The lowest BCUT2D eigenvalue weighted by molar-refractivity contribution is -0.0101. The molecule has 0 atom stereocenters. The Kier molecular flexibility index (Phi) is 4.95. The highest BCUT2D eigenvalue weighted by Crippen LogP contribution is 2.22. The summed E-state index contributed by atoms with van der Waals surface area (Å²) < 4.78 is 5.72. The van der Waals surface area contributed by atoms with E-state index in [0.29, 0.717) is 12.7 Å². The zero-order valence-corrected chi connectivity index (χ0v) is 10.6. The van der Waals surface area contributed by atoms with E-state index >= 15 is 0 Å². The van der Waals surface area contributed by atoms with Crippen LogP contribution in [0.3, 0.4) is 0 Å². The van der Waals surface area contributed by atoms with Gasteiger partial charge < -0.3 is 10.1 Å². The Morgan fingerprint density at radius 1 is 1.41 bits per heavy atom. The molecule has 1 N–H and O–H groups in total. The van der Waals surface area contributed by atoms with E-state index in [1.807, 2.05) is 6.20 Å². The molecule has 0 aliphatic heterocycles. The minimum absolute atomic E-state index is 0.489. The summed E-state index contributed by atoms with van der Waals surface area (Å²) in [6.07, 6.45) is 7.36. The first-order valence-electron chi connectivity index (χ1n) is 6.64. The van der Waals surface area contributed by atoms with E-state index in [2.05, 4.69) is 29.4 Å². The van der Waals surface area contributed by atoms with E-state index in [0.717, 1.165) is 18.8 Å². The molecule has 1 aliphatic rings. The molecule has 0 aromatic carbocycles. The van der Waals surface area contributed by atoms with Gasteiger partial charge in [0.05, 0.1) is 18.4 Å². The van der Waals surface area contributed by atoms with E-state index in [4.69, 9.17) is 4.74 Å². The quantitative estimate of drug-likeness (QED) is 0.736. The predicted octanol–water partition coefficient (Wildman–Crippen LogP) is 2.65. The smallest absolute Gasteiger partial charge is 0.0891 e. The van der Waals surface area contributed by atoms with E-state index in [9.17, 15) is 0 Å². The van der Waals surface area contributed by atoms with Crippen molar-refractivity contribution in [2.75, 3.05) is 6.54 Å². The van der Waals surface area contributed by atoms with Crippen molar-refractivity contribution in [1.82, 2.24) is 10.3 Å². The van der Waals surface area contributed by atoms with E-state index in [1.165, 1.54) is 31.2 Å². The van der Waals surface area contributed by atoms with E-state index < -0.39 is 0 Å². The molecule has 1 saturated carbocycles. The lowest BCUT2D eigenvalue weighted by atomic mass is 9.96. The van der Waals surface area contributed by atoms with Crippen LogP contribution in [0.15, 0.2) is 18.3 Å². The fraction of sp³-hybridized carbons (Fsp3) is 0.643. The third-order valence-corrected chi connectivity index (χ3v) is 3.16. The van der Waals surface area contributed by atoms with Crippen molar-refractivity contribution in [1.29, 1.82) is 0 Å². The normalized spacial score (nSPS) is 15.8. The SMILES string of the molecule is CCCNCc1ccc(COC2CCC2)nc1. The molecule has 0 bridgehead atoms. The van der Waals surface area contributed by atoms with Crippen molar-refractivity contribution < 1.29 is 4.74 Å². The van der Waals surface area contributed by atoms with Gasteiger partial charge in [0.25, 0.3) is 0 Å². The number of pyridine rings is 1. The van der Waals surface area contributed by atoms with Gasteiger partial charge >= 0.3 is 0 Å². The minimum Gasteiger partial charge on any atom is -0.372 e. The molecule has 1 aromatic heterocycles. The van der Waals surface area contributed by atoms with Crippen LogP contribution in [-0.4, -0.2) is 17.6 Å². The van der Waals surface area contributed by atoms with Gasteiger partial charge in [0, 0.05) is 12.7 Å². The first kappa shape index (κ1) is 12.5. The van der Waals surface area contributed by atoms with Gasteiger partial charge in [-0.2, -0.15) is 0 Å². The molecule has 0 spiro atoms. The van der Waals surface area contributed by atoms with Gasteiger partial charge in [-0.3, -0.25) is 4.98 Å². The van der Waals surface area contributed by atoms with Gasteiger partial charge in [-0.1, -0.05) is 13.0 Å². The first-order chi connectivity index (χ1) is 8.38. The second-order valence-corrected chi connectivity index (χ2v) is 4.70. The molecule has 1 heterocycles. The van der Waals surface area contributed by atoms with Gasteiger partial charge in [-0.25, -0.2) is 0 Å². The average Bonchev–Trinajstić information content (AvgIpc) is 2.29. The number of hydrogen-bond donors (Lipinski definition) is 1. The number of aromatic nitrogens is 1. The number of nitrogens with one attached hydrogen (secondary N) is 1. The molecule has 1 fully saturated rings. The topological polar surface area (TPSA) is 34.1 Å². The number of ether oxygens (including phenoxy) is 1. The second kappa shape index (κ2) is 6.72. The van der Waals surface area contributed by atoms with Crippen molar-refractivity contribution in [3.63, 3.8) is 0 Å². The summed E-state index contributed by atoms with van der Waals surface area (Å²) in [6.45, 7) is 4.80. The number of rotatable bonds is 7. The predicted molar refractivity (Wildman–Crippen MR) is 68.7 cm³/mol.